The smallest absolute Gasteiger partial charge is 0.372 e. The summed E-state index contributed by atoms with van der Waals surface area (Å²) in [4.78, 5) is 38.8. The van der Waals surface area contributed by atoms with E-state index >= 15 is 0 Å². The molecule has 0 radical (unpaired) electrons. The van der Waals surface area contributed by atoms with Gasteiger partial charge in [-0.2, -0.15) is 0 Å². The van der Waals surface area contributed by atoms with Crippen molar-refractivity contribution in [1.82, 2.24) is 5.32 Å². The van der Waals surface area contributed by atoms with Gasteiger partial charge in [0, 0.05) is 27.0 Å². The van der Waals surface area contributed by atoms with Crippen LogP contribution in [0.4, 0.5) is 0 Å². The van der Waals surface area contributed by atoms with Gasteiger partial charge in [0.05, 0.1) is 16.4 Å². The number of hydrogen-bond acceptors (Lipinski definition) is 6. The number of carbonyl (C=O) groups is 3. The van der Waals surface area contributed by atoms with Crippen LogP contribution in [-0.4, -0.2) is 52.3 Å². The third-order valence-corrected chi connectivity index (χ3v) is 3.20. The maximum Gasteiger partial charge on any atom is 0.372 e. The van der Waals surface area contributed by atoms with E-state index in [2.05, 4.69) is 10.1 Å². The van der Waals surface area contributed by atoms with Gasteiger partial charge in [-0.05, 0) is 13.3 Å². The van der Waals surface area contributed by atoms with Gasteiger partial charge in [-0.1, -0.05) is 25.5 Å². The van der Waals surface area contributed by atoms with Crippen molar-refractivity contribution in [3.8, 4) is 0 Å². The summed E-state index contributed by atoms with van der Waals surface area (Å²) in [5.41, 5.74) is 6.59. The van der Waals surface area contributed by atoms with E-state index in [4.69, 9.17) is 18.5 Å². The zero-order valence-corrected chi connectivity index (χ0v) is 12.5. The van der Waals surface area contributed by atoms with Crippen molar-refractivity contribution in [2.45, 2.75) is 50.9 Å². The Morgan fingerprint density at radius 2 is 2.14 bits per heavy atom. The van der Waals surface area contributed by atoms with Crippen molar-refractivity contribution in [1.29, 1.82) is 5.53 Å². The number of nitrogens with zero attached hydrogens (tertiary/aromatic N) is 1. The van der Waals surface area contributed by atoms with E-state index in [1.807, 2.05) is 0 Å². The predicted octanol–water partition coefficient (Wildman–Crippen LogP) is 0.834. The summed E-state index contributed by atoms with van der Waals surface area (Å²) in [5.74, 6) is -1.26. The lowest BCUT2D eigenvalue weighted by molar-refractivity contribution is -0.133. The van der Waals surface area contributed by atoms with E-state index in [9.17, 15) is 14.4 Å². The van der Waals surface area contributed by atoms with Crippen LogP contribution in [0.5, 0.6) is 0 Å². The highest BCUT2D eigenvalue weighted by molar-refractivity contribution is 8.14. The number of Topliss-reactive ketones (excluding diaryl/α,β-unsaturated/α-hetero) is 1. The molecular formula is C13H22N3O4S+. The lowest BCUT2D eigenvalue weighted by Gasteiger charge is -2.19. The lowest BCUT2D eigenvalue weighted by Crippen LogP contribution is -2.45. The normalized spacial score (nSPS) is 18.6. The molecule has 118 valence electrons. The quantitative estimate of drug-likeness (QED) is 0.371. The van der Waals surface area contributed by atoms with Crippen molar-refractivity contribution >= 4 is 34.8 Å². The summed E-state index contributed by atoms with van der Waals surface area (Å²) >= 11 is 0.0916. The highest BCUT2D eigenvalue weighted by atomic mass is 32.2. The Bertz CT molecular complexity index is 590. The maximum absolute atomic E-state index is 12.5. The molecule has 0 spiro atoms. The van der Waals surface area contributed by atoms with E-state index in [0.29, 0.717) is 0 Å². The Hall–Kier alpha value is -1.50. The molecule has 2 N–H and O–H groups in total. The SMILES string of the molecule is [2H]C([2H])([2H])C(SC(=O)[C@H](CCC(=O)C=[N+]=N)NC(=O)[C@H](C)OC)C([2H])([2H])[2H]. The third-order valence-electron chi connectivity index (χ3n) is 2.45. The van der Waals surface area contributed by atoms with Crippen LogP contribution in [0.2, 0.25) is 0 Å². The van der Waals surface area contributed by atoms with Crippen molar-refractivity contribution in [3.63, 3.8) is 0 Å². The van der Waals surface area contributed by atoms with Crippen LogP contribution < -0.4 is 5.32 Å². The molecule has 0 aromatic rings. The van der Waals surface area contributed by atoms with Gasteiger partial charge in [-0.25, -0.2) is 0 Å². The molecule has 0 bridgehead atoms. The van der Waals surface area contributed by atoms with Gasteiger partial charge < -0.3 is 10.1 Å². The summed E-state index contributed by atoms with van der Waals surface area (Å²) in [5, 5.41) is -0.559. The topological polar surface area (TPSA) is 110 Å². The van der Waals surface area contributed by atoms with Crippen molar-refractivity contribution < 1.29 is 32.1 Å². The first-order valence-electron chi connectivity index (χ1n) is 9.00. The van der Waals surface area contributed by atoms with E-state index in [1.165, 1.54) is 14.0 Å². The number of ether oxygens (including phenoxy) is 1. The zero-order valence-electron chi connectivity index (χ0n) is 17.7. The summed E-state index contributed by atoms with van der Waals surface area (Å²) in [6, 6.07) is -1.31. The van der Waals surface area contributed by atoms with Gasteiger partial charge in [0.15, 0.2) is 0 Å². The standard InChI is InChI=1S/C13H21N3O4S/c1-8(2)21-13(19)11(6-5-10(17)7-15-14)16-12(18)9(3)20-4/h7-9,11,14H,5-6H2,1-4H3/p+1/t9-,11-/m0/s1/i1D3,2D3. The van der Waals surface area contributed by atoms with Gasteiger partial charge in [0.2, 0.25) is 16.8 Å². The van der Waals surface area contributed by atoms with E-state index in [-0.39, 0.29) is 24.6 Å². The highest BCUT2D eigenvalue weighted by Gasteiger charge is 2.25. The number of thioether (sulfide) groups is 1. The Kier molecular flexibility index (Phi) is 5.43. The number of hydrogen-bond donors (Lipinski definition) is 2. The maximum atomic E-state index is 12.5. The number of rotatable bonds is 9. The predicted molar refractivity (Wildman–Crippen MR) is 79.4 cm³/mol. The molecule has 0 aliphatic carbocycles. The number of methoxy groups -OCH3 is 1. The average molecular weight is 322 g/mol. The van der Waals surface area contributed by atoms with Gasteiger partial charge >= 0.3 is 6.21 Å². The van der Waals surface area contributed by atoms with Gasteiger partial charge in [0.1, 0.15) is 6.10 Å². The summed E-state index contributed by atoms with van der Waals surface area (Å²) < 4.78 is 48.9. The van der Waals surface area contributed by atoms with Gasteiger partial charge in [-0.3, -0.25) is 14.4 Å². The lowest BCUT2D eigenvalue weighted by atomic mass is 10.1. The summed E-state index contributed by atoms with van der Waals surface area (Å²) in [6.07, 6.45) is -0.667. The second-order valence-electron chi connectivity index (χ2n) is 4.02. The Balaban J connectivity index is 5.43. The van der Waals surface area contributed by atoms with Crippen LogP contribution in [0.25, 0.3) is 0 Å². The van der Waals surface area contributed by atoms with Crippen molar-refractivity contribution in [2.75, 3.05) is 7.11 Å². The molecule has 2 atom stereocenters. The first-order chi connectivity index (χ1) is 12.2. The average Bonchev–Trinajstić information content (AvgIpc) is 2.53. The van der Waals surface area contributed by atoms with Crippen molar-refractivity contribution in [2.24, 2.45) is 0 Å². The molecule has 0 aliphatic heterocycles. The minimum Gasteiger partial charge on any atom is -0.372 e. The van der Waals surface area contributed by atoms with Crippen LogP contribution in [0, 0.1) is 5.53 Å². The summed E-state index contributed by atoms with van der Waals surface area (Å²) in [7, 11) is 1.27. The molecular weight excluding hydrogens is 294 g/mol. The van der Waals surface area contributed by atoms with Crippen LogP contribution in [0.15, 0.2) is 0 Å². The molecule has 0 aromatic carbocycles. The van der Waals surface area contributed by atoms with Crippen LogP contribution >= 0.6 is 11.8 Å². The Morgan fingerprint density at radius 1 is 1.48 bits per heavy atom. The fourth-order valence-corrected chi connectivity index (χ4v) is 1.84. The molecule has 7 nitrogen and oxygen atoms in total. The molecule has 0 saturated carbocycles. The van der Waals surface area contributed by atoms with Crippen molar-refractivity contribution in [3.05, 3.63) is 0 Å². The number of carbonyl (C=O) groups excluding carboxylic acids is 3. The highest BCUT2D eigenvalue weighted by Crippen LogP contribution is 2.16. The zero-order chi connectivity index (χ0) is 21.4. The number of amides is 1. The first kappa shape index (κ1) is 11.1. The monoisotopic (exact) mass is 322 g/mol. The molecule has 0 rings (SSSR count). The molecule has 0 unspecified atom stereocenters. The van der Waals surface area contributed by atoms with E-state index in [0.717, 1.165) is 6.21 Å². The fourth-order valence-electron chi connectivity index (χ4n) is 1.27. The molecule has 8 heteroatoms. The molecule has 1 amide bonds. The van der Waals surface area contributed by atoms with Crippen LogP contribution in [-0.2, 0) is 19.1 Å². The van der Waals surface area contributed by atoms with Crippen LogP contribution in [0.3, 0.4) is 0 Å². The molecule has 0 fully saturated rings. The molecule has 0 heterocycles. The second kappa shape index (κ2) is 10.3. The second-order valence-corrected chi connectivity index (χ2v) is 5.13. The molecule has 21 heavy (non-hydrogen) atoms. The minimum atomic E-state index is -2.94. The van der Waals surface area contributed by atoms with E-state index in [1.54, 1.807) is 0 Å². The number of nitrogens with one attached hydrogen (secondary N) is 2. The Labute approximate surface area is 136 Å². The summed E-state index contributed by atoms with van der Waals surface area (Å²) in [6.45, 7) is -4.46. The molecule has 0 saturated heterocycles. The largest absolute Gasteiger partial charge is 0.372 e. The number of ketones is 1. The van der Waals surface area contributed by atoms with E-state index < -0.39 is 47.9 Å². The van der Waals surface area contributed by atoms with Gasteiger partial charge in [-0.15, -0.1) is 0 Å². The molecule has 0 aromatic heterocycles. The fraction of sp³-hybridized carbons (Fsp3) is 0.692. The third kappa shape index (κ3) is 8.39. The van der Waals surface area contributed by atoms with Gasteiger partial charge in [0.25, 0.3) is 0 Å². The molecule has 0 aliphatic rings. The van der Waals surface area contributed by atoms with Crippen LogP contribution in [0.1, 0.15) is 41.7 Å². The first-order valence-corrected chi connectivity index (χ1v) is 6.88. The minimum absolute atomic E-state index is 0.0916. The Morgan fingerprint density at radius 3 is 2.67 bits per heavy atom.